The zero-order chi connectivity index (χ0) is 23.8. The van der Waals surface area contributed by atoms with Crippen molar-refractivity contribution in [2.75, 3.05) is 13.6 Å². The van der Waals surface area contributed by atoms with Gasteiger partial charge in [-0.05, 0) is 47.0 Å². The Kier molecular flexibility index (Phi) is 5.93. The molecule has 0 spiro atoms. The third-order valence-corrected chi connectivity index (χ3v) is 7.47. The molecule has 4 amide bonds. The van der Waals surface area contributed by atoms with E-state index in [2.05, 4.69) is 27.1 Å². The minimum Gasteiger partial charge on any atom is -0.348 e. The van der Waals surface area contributed by atoms with Gasteiger partial charge in [-0.1, -0.05) is 18.2 Å². The Morgan fingerprint density at radius 2 is 1.97 bits per heavy atom. The Morgan fingerprint density at radius 3 is 2.76 bits per heavy atom. The van der Waals surface area contributed by atoms with E-state index >= 15 is 0 Å². The smallest absolute Gasteiger partial charge is 0.334 e. The van der Waals surface area contributed by atoms with Crippen molar-refractivity contribution in [1.29, 1.82) is 0 Å². The van der Waals surface area contributed by atoms with E-state index in [-0.39, 0.29) is 24.4 Å². The zero-order valence-electron chi connectivity index (χ0n) is 19.0. The van der Waals surface area contributed by atoms with Crippen molar-refractivity contribution < 1.29 is 14.4 Å². The number of urea groups is 1. The SMILES string of the molecule is CC1NC(=O)CN2C(=O)C(Cc3csc4ccccc34)N(C)N(C(=O)NCc3ccncc3)C12. The molecular formula is C24H26N6O3S. The lowest BCUT2D eigenvalue weighted by Crippen LogP contribution is -2.78. The molecule has 0 aliphatic carbocycles. The third-order valence-electron chi connectivity index (χ3n) is 6.45. The van der Waals surface area contributed by atoms with Crippen molar-refractivity contribution in [3.63, 3.8) is 0 Å². The number of aromatic nitrogens is 1. The lowest BCUT2D eigenvalue weighted by Gasteiger charge is -2.54. The summed E-state index contributed by atoms with van der Waals surface area (Å²) in [4.78, 5) is 44.9. The van der Waals surface area contributed by atoms with E-state index in [0.717, 1.165) is 21.2 Å². The maximum atomic E-state index is 13.6. The molecule has 2 N–H and O–H groups in total. The van der Waals surface area contributed by atoms with Crippen LogP contribution in [-0.4, -0.2) is 69.6 Å². The number of nitrogens with one attached hydrogen (secondary N) is 2. The van der Waals surface area contributed by atoms with Crippen LogP contribution >= 0.6 is 11.3 Å². The number of piperazine rings is 1. The molecule has 3 aromatic rings. The van der Waals surface area contributed by atoms with E-state index in [4.69, 9.17) is 0 Å². The van der Waals surface area contributed by atoms with Gasteiger partial charge in [-0.2, -0.15) is 0 Å². The summed E-state index contributed by atoms with van der Waals surface area (Å²) in [6.07, 6.45) is 3.18. The summed E-state index contributed by atoms with van der Waals surface area (Å²) < 4.78 is 1.15. The van der Waals surface area contributed by atoms with E-state index < -0.39 is 18.2 Å². The molecule has 2 saturated heterocycles. The van der Waals surface area contributed by atoms with E-state index in [0.29, 0.717) is 13.0 Å². The van der Waals surface area contributed by atoms with Crippen LogP contribution in [-0.2, 0) is 22.6 Å². The van der Waals surface area contributed by atoms with Gasteiger partial charge in [0.1, 0.15) is 18.8 Å². The number of carbonyl (C=O) groups is 3. The monoisotopic (exact) mass is 478 g/mol. The topological polar surface area (TPSA) is 97.9 Å². The summed E-state index contributed by atoms with van der Waals surface area (Å²) in [7, 11) is 1.77. The highest BCUT2D eigenvalue weighted by atomic mass is 32.1. The van der Waals surface area contributed by atoms with Gasteiger partial charge < -0.3 is 15.5 Å². The second kappa shape index (κ2) is 9.03. The van der Waals surface area contributed by atoms with Gasteiger partial charge in [0.2, 0.25) is 11.8 Å². The van der Waals surface area contributed by atoms with Crippen LogP contribution < -0.4 is 10.6 Å². The average Bonchev–Trinajstić information content (AvgIpc) is 3.24. The Bertz CT molecular complexity index is 1230. The molecule has 2 aromatic heterocycles. The fourth-order valence-corrected chi connectivity index (χ4v) is 5.75. The summed E-state index contributed by atoms with van der Waals surface area (Å²) in [5.41, 5.74) is 1.97. The fourth-order valence-electron chi connectivity index (χ4n) is 4.77. The molecule has 3 atom stereocenters. The average molecular weight is 479 g/mol. The standard InChI is InChI=1S/C24H26N6O3S/c1-15-22-29(13-21(31)27-15)23(32)19(11-17-14-34-20-6-4-3-5-18(17)20)28(2)30(22)24(33)26-12-16-7-9-25-10-8-16/h3-10,14-15,19,22H,11-13H2,1-2H3,(H,26,33)(H,27,31). The number of carbonyl (C=O) groups excluding carboxylic acids is 3. The van der Waals surface area contributed by atoms with Crippen LogP contribution in [0.1, 0.15) is 18.1 Å². The predicted octanol–water partition coefficient (Wildman–Crippen LogP) is 1.95. The first-order valence-electron chi connectivity index (χ1n) is 11.2. The van der Waals surface area contributed by atoms with Crippen LogP contribution in [0.4, 0.5) is 4.79 Å². The zero-order valence-corrected chi connectivity index (χ0v) is 19.8. The molecule has 2 fully saturated rings. The molecule has 176 valence electrons. The van der Waals surface area contributed by atoms with Crippen LogP contribution in [0.3, 0.4) is 0 Å². The lowest BCUT2D eigenvalue weighted by atomic mass is 10.00. The Labute approximate surface area is 201 Å². The second-order valence-corrected chi connectivity index (χ2v) is 9.56. The quantitative estimate of drug-likeness (QED) is 0.598. The Balaban J connectivity index is 1.45. The number of hydrogen-bond acceptors (Lipinski definition) is 6. The minimum atomic E-state index is -0.612. The van der Waals surface area contributed by atoms with Crippen LogP contribution in [0.15, 0.2) is 54.2 Å². The van der Waals surface area contributed by atoms with Crippen LogP contribution in [0.5, 0.6) is 0 Å². The minimum absolute atomic E-state index is 0.0727. The van der Waals surface area contributed by atoms with Gasteiger partial charge in [0.05, 0.1) is 6.04 Å². The van der Waals surface area contributed by atoms with E-state index in [1.54, 1.807) is 40.8 Å². The Morgan fingerprint density at radius 1 is 1.21 bits per heavy atom. The highest BCUT2D eigenvalue weighted by Crippen LogP contribution is 2.31. The number of hydrogen-bond donors (Lipinski definition) is 2. The summed E-state index contributed by atoms with van der Waals surface area (Å²) in [5.74, 6) is -0.374. The molecule has 0 bridgehead atoms. The van der Waals surface area contributed by atoms with Gasteiger partial charge in [0.15, 0.2) is 0 Å². The van der Waals surface area contributed by atoms with Crippen molar-refractivity contribution in [1.82, 2.24) is 30.5 Å². The Hall–Kier alpha value is -3.50. The number of rotatable bonds is 4. The molecule has 5 rings (SSSR count). The normalized spacial score (nSPS) is 23.1. The van der Waals surface area contributed by atoms with Crippen molar-refractivity contribution in [3.05, 3.63) is 65.3 Å². The van der Waals surface area contributed by atoms with Gasteiger partial charge in [-0.15, -0.1) is 11.3 Å². The van der Waals surface area contributed by atoms with E-state index in [9.17, 15) is 14.4 Å². The highest BCUT2D eigenvalue weighted by Gasteiger charge is 2.51. The molecule has 10 heteroatoms. The largest absolute Gasteiger partial charge is 0.348 e. The van der Waals surface area contributed by atoms with Crippen LogP contribution in [0.25, 0.3) is 10.1 Å². The number of amides is 4. The highest BCUT2D eigenvalue weighted by molar-refractivity contribution is 7.17. The number of thiophene rings is 1. The van der Waals surface area contributed by atoms with Gasteiger partial charge >= 0.3 is 6.03 Å². The number of hydrazine groups is 1. The maximum absolute atomic E-state index is 13.6. The van der Waals surface area contributed by atoms with Crippen molar-refractivity contribution in [3.8, 4) is 0 Å². The second-order valence-electron chi connectivity index (χ2n) is 8.65. The fraction of sp³-hybridized carbons (Fsp3) is 0.333. The first kappa shape index (κ1) is 22.3. The first-order chi connectivity index (χ1) is 16.4. The molecule has 2 aliphatic heterocycles. The molecule has 2 aliphatic rings. The first-order valence-corrected chi connectivity index (χ1v) is 12.1. The van der Waals surface area contributed by atoms with Gasteiger partial charge in [-0.25, -0.2) is 14.8 Å². The van der Waals surface area contributed by atoms with Crippen molar-refractivity contribution in [2.24, 2.45) is 0 Å². The molecule has 1 aromatic carbocycles. The van der Waals surface area contributed by atoms with Crippen molar-refractivity contribution in [2.45, 2.75) is 38.1 Å². The molecule has 3 unspecified atom stereocenters. The van der Waals surface area contributed by atoms with Crippen molar-refractivity contribution >= 4 is 39.3 Å². The van der Waals surface area contributed by atoms with Gasteiger partial charge in [0, 0.05) is 37.1 Å². The molecule has 0 saturated carbocycles. The third kappa shape index (κ3) is 3.99. The van der Waals surface area contributed by atoms with Gasteiger partial charge in [-0.3, -0.25) is 14.6 Å². The molecule has 4 heterocycles. The summed E-state index contributed by atoms with van der Waals surface area (Å²) in [6, 6.07) is 10.4. The number of fused-ring (bicyclic) bond motifs is 2. The number of likely N-dealkylation sites (N-methyl/N-ethyl adjacent to an activating group) is 1. The molecule has 34 heavy (non-hydrogen) atoms. The number of pyridine rings is 1. The maximum Gasteiger partial charge on any atom is 0.334 e. The molecule has 0 radical (unpaired) electrons. The van der Waals surface area contributed by atoms with Crippen LogP contribution in [0.2, 0.25) is 0 Å². The van der Waals surface area contributed by atoms with E-state index in [1.807, 2.05) is 37.3 Å². The predicted molar refractivity (Wildman–Crippen MR) is 128 cm³/mol. The lowest BCUT2D eigenvalue weighted by molar-refractivity contribution is -0.185. The molecule has 9 nitrogen and oxygen atoms in total. The van der Waals surface area contributed by atoms with Gasteiger partial charge in [0.25, 0.3) is 0 Å². The van der Waals surface area contributed by atoms with Crippen LogP contribution in [0, 0.1) is 0 Å². The summed E-state index contributed by atoms with van der Waals surface area (Å²) in [6.45, 7) is 2.06. The summed E-state index contributed by atoms with van der Waals surface area (Å²) in [5, 5.41) is 12.3. The summed E-state index contributed by atoms with van der Waals surface area (Å²) >= 11 is 1.64. The molecular weight excluding hydrogens is 452 g/mol. The number of benzene rings is 1. The van der Waals surface area contributed by atoms with E-state index in [1.165, 1.54) is 4.90 Å². The number of nitrogens with zero attached hydrogens (tertiary/aromatic N) is 4.